The summed E-state index contributed by atoms with van der Waals surface area (Å²) in [6.45, 7) is 2.20. The number of ether oxygens (including phenoxy) is 2. The Kier molecular flexibility index (Phi) is 2.65. The van der Waals surface area contributed by atoms with Crippen LogP contribution in [0.5, 0.6) is 0 Å². The summed E-state index contributed by atoms with van der Waals surface area (Å²) in [5, 5.41) is 9.16. The van der Waals surface area contributed by atoms with Gasteiger partial charge in [-0.15, -0.1) is 0 Å². The highest BCUT2D eigenvalue weighted by atomic mass is 16.7. The zero-order chi connectivity index (χ0) is 8.32. The van der Waals surface area contributed by atoms with Crippen LogP contribution < -0.4 is 0 Å². The van der Waals surface area contributed by atoms with E-state index in [1.807, 2.05) is 13.0 Å². The molecule has 0 fully saturated rings. The lowest BCUT2D eigenvalue weighted by Crippen LogP contribution is -2.26. The van der Waals surface area contributed by atoms with Gasteiger partial charge in [0.15, 0.2) is 0 Å². The highest BCUT2D eigenvalue weighted by Gasteiger charge is 2.29. The molecule has 1 rings (SSSR count). The van der Waals surface area contributed by atoms with Crippen molar-refractivity contribution in [1.82, 2.24) is 0 Å². The Labute approximate surface area is 66.6 Å². The summed E-state index contributed by atoms with van der Waals surface area (Å²) >= 11 is 0. The van der Waals surface area contributed by atoms with Gasteiger partial charge in [0.1, 0.15) is 6.79 Å². The number of rotatable bonds is 3. The largest absolute Gasteiger partial charge is 0.389 e. The average Bonchev–Trinajstić information content (AvgIpc) is 2.28. The summed E-state index contributed by atoms with van der Waals surface area (Å²) in [4.78, 5) is 0. The molecule has 1 aliphatic rings. The third-order valence-corrected chi connectivity index (χ3v) is 1.79. The fourth-order valence-corrected chi connectivity index (χ4v) is 1.17. The van der Waals surface area contributed by atoms with Gasteiger partial charge in [0.05, 0.1) is 11.7 Å². The van der Waals surface area contributed by atoms with Gasteiger partial charge in [-0.3, -0.25) is 0 Å². The normalized spacial score (nSPS) is 36.5. The molecule has 3 nitrogen and oxygen atoms in total. The molecule has 1 N–H and O–H groups in total. The Hall–Kier alpha value is -0.380. The van der Waals surface area contributed by atoms with Gasteiger partial charge in [0.25, 0.3) is 0 Å². The average molecular weight is 158 g/mol. The van der Waals surface area contributed by atoms with Gasteiger partial charge in [0, 0.05) is 13.5 Å². The molecule has 0 heterocycles. The van der Waals surface area contributed by atoms with Crippen molar-refractivity contribution in [3.63, 3.8) is 0 Å². The van der Waals surface area contributed by atoms with E-state index < -0.39 is 0 Å². The molecular formula is C8H14O3. The van der Waals surface area contributed by atoms with Gasteiger partial charge in [-0.25, -0.2) is 0 Å². The molecule has 1 aliphatic carbocycles. The van der Waals surface area contributed by atoms with E-state index in [-0.39, 0.29) is 18.5 Å². The van der Waals surface area contributed by atoms with E-state index in [9.17, 15) is 0 Å². The molecule has 0 bridgehead atoms. The fraction of sp³-hybridized carbons (Fsp3) is 0.750. The smallest absolute Gasteiger partial charge is 0.147 e. The standard InChI is InChI=1S/C8H14O3/c1-8(11-6-10-2)4-3-7(9)5-8/h3-4,7,9H,5-6H2,1-2H3. The van der Waals surface area contributed by atoms with Crippen LogP contribution in [0.1, 0.15) is 13.3 Å². The highest BCUT2D eigenvalue weighted by molar-refractivity contribution is 5.11. The van der Waals surface area contributed by atoms with E-state index in [0.717, 1.165) is 0 Å². The maximum Gasteiger partial charge on any atom is 0.147 e. The van der Waals surface area contributed by atoms with Gasteiger partial charge in [-0.1, -0.05) is 12.2 Å². The van der Waals surface area contributed by atoms with E-state index in [2.05, 4.69) is 0 Å². The Morgan fingerprint density at radius 1 is 1.73 bits per heavy atom. The van der Waals surface area contributed by atoms with E-state index in [1.54, 1.807) is 13.2 Å². The Morgan fingerprint density at radius 3 is 2.91 bits per heavy atom. The number of aliphatic hydroxyl groups excluding tert-OH is 1. The summed E-state index contributed by atoms with van der Waals surface area (Å²) in [7, 11) is 1.58. The lowest BCUT2D eigenvalue weighted by atomic mass is 10.1. The quantitative estimate of drug-likeness (QED) is 0.485. The lowest BCUT2D eigenvalue weighted by molar-refractivity contribution is -0.105. The van der Waals surface area contributed by atoms with Crippen molar-refractivity contribution >= 4 is 0 Å². The summed E-state index contributed by atoms with van der Waals surface area (Å²) in [5.74, 6) is 0. The van der Waals surface area contributed by atoms with Crippen LogP contribution in [-0.2, 0) is 9.47 Å². The topological polar surface area (TPSA) is 38.7 Å². The predicted octanol–water partition coefficient (Wildman–Crippen LogP) is 0.686. The SMILES string of the molecule is COCOC1(C)C=CC(O)C1. The molecule has 0 saturated heterocycles. The van der Waals surface area contributed by atoms with Crippen LogP contribution in [0.2, 0.25) is 0 Å². The molecule has 2 atom stereocenters. The van der Waals surface area contributed by atoms with Crippen molar-refractivity contribution < 1.29 is 14.6 Å². The third-order valence-electron chi connectivity index (χ3n) is 1.79. The molecule has 0 saturated carbocycles. The Balaban J connectivity index is 2.37. The van der Waals surface area contributed by atoms with Gasteiger partial charge in [-0.05, 0) is 6.92 Å². The molecule has 11 heavy (non-hydrogen) atoms. The molecule has 0 aliphatic heterocycles. The van der Waals surface area contributed by atoms with Crippen LogP contribution >= 0.6 is 0 Å². The number of hydrogen-bond donors (Lipinski definition) is 1. The molecule has 64 valence electrons. The minimum Gasteiger partial charge on any atom is -0.389 e. The lowest BCUT2D eigenvalue weighted by Gasteiger charge is -2.22. The number of hydrogen-bond acceptors (Lipinski definition) is 3. The first-order valence-corrected chi connectivity index (χ1v) is 3.67. The molecule has 3 heteroatoms. The minimum atomic E-state index is -0.364. The number of aliphatic hydroxyl groups is 1. The zero-order valence-electron chi connectivity index (χ0n) is 6.91. The second kappa shape index (κ2) is 3.34. The maximum absolute atomic E-state index is 9.16. The molecule has 0 aromatic rings. The van der Waals surface area contributed by atoms with E-state index in [1.165, 1.54) is 0 Å². The molecule has 0 amide bonds. The van der Waals surface area contributed by atoms with Crippen LogP contribution in [0, 0.1) is 0 Å². The second-order valence-corrected chi connectivity index (χ2v) is 2.99. The van der Waals surface area contributed by atoms with E-state index in [4.69, 9.17) is 14.6 Å². The highest BCUT2D eigenvalue weighted by Crippen LogP contribution is 2.26. The van der Waals surface area contributed by atoms with Crippen LogP contribution in [0.15, 0.2) is 12.2 Å². The first-order valence-electron chi connectivity index (χ1n) is 3.67. The Bertz CT molecular complexity index is 155. The fourth-order valence-electron chi connectivity index (χ4n) is 1.17. The predicted molar refractivity (Wildman–Crippen MR) is 41.1 cm³/mol. The van der Waals surface area contributed by atoms with Crippen LogP contribution in [-0.4, -0.2) is 30.7 Å². The van der Waals surface area contributed by atoms with Gasteiger partial charge < -0.3 is 14.6 Å². The molecule has 2 unspecified atom stereocenters. The van der Waals surface area contributed by atoms with Crippen LogP contribution in [0.3, 0.4) is 0 Å². The second-order valence-electron chi connectivity index (χ2n) is 2.99. The van der Waals surface area contributed by atoms with Gasteiger partial charge in [-0.2, -0.15) is 0 Å². The summed E-state index contributed by atoms with van der Waals surface area (Å²) < 4.78 is 10.1. The van der Waals surface area contributed by atoms with Crippen molar-refractivity contribution in [3.8, 4) is 0 Å². The third kappa shape index (κ3) is 2.29. The zero-order valence-corrected chi connectivity index (χ0v) is 6.91. The Morgan fingerprint density at radius 2 is 2.45 bits per heavy atom. The van der Waals surface area contributed by atoms with Crippen molar-refractivity contribution in [2.24, 2.45) is 0 Å². The molecule has 0 spiro atoms. The van der Waals surface area contributed by atoms with Crippen molar-refractivity contribution in [3.05, 3.63) is 12.2 Å². The summed E-state index contributed by atoms with van der Waals surface area (Å²) in [6, 6.07) is 0. The summed E-state index contributed by atoms with van der Waals surface area (Å²) in [6.07, 6.45) is 3.87. The molecule has 0 aromatic heterocycles. The van der Waals surface area contributed by atoms with Crippen molar-refractivity contribution in [1.29, 1.82) is 0 Å². The van der Waals surface area contributed by atoms with Gasteiger partial charge >= 0.3 is 0 Å². The molecule has 0 radical (unpaired) electrons. The van der Waals surface area contributed by atoms with Crippen LogP contribution in [0.4, 0.5) is 0 Å². The first kappa shape index (κ1) is 8.71. The van der Waals surface area contributed by atoms with E-state index >= 15 is 0 Å². The minimum absolute atomic E-state index is 0.271. The van der Waals surface area contributed by atoms with E-state index in [0.29, 0.717) is 6.42 Å². The molecule has 0 aromatic carbocycles. The summed E-state index contributed by atoms with van der Waals surface area (Å²) in [5.41, 5.74) is -0.338. The van der Waals surface area contributed by atoms with Crippen LogP contribution in [0.25, 0.3) is 0 Å². The number of methoxy groups -OCH3 is 1. The van der Waals surface area contributed by atoms with Gasteiger partial charge in [0.2, 0.25) is 0 Å². The maximum atomic E-state index is 9.16. The monoisotopic (exact) mass is 158 g/mol. The molecular weight excluding hydrogens is 144 g/mol. The first-order chi connectivity index (χ1) is 5.16. The van der Waals surface area contributed by atoms with Crippen molar-refractivity contribution in [2.45, 2.75) is 25.0 Å². The van der Waals surface area contributed by atoms with Crippen molar-refractivity contribution in [2.75, 3.05) is 13.9 Å².